The van der Waals surface area contributed by atoms with E-state index >= 15 is 0 Å². The second-order valence-electron chi connectivity index (χ2n) is 7.84. The van der Waals surface area contributed by atoms with Gasteiger partial charge >= 0.3 is 6.18 Å². The van der Waals surface area contributed by atoms with Crippen molar-refractivity contribution >= 4 is 16.8 Å². The molecule has 4 rings (SSSR count). The zero-order valence-corrected chi connectivity index (χ0v) is 17.0. The molecule has 0 radical (unpaired) electrons. The Bertz CT molecular complexity index is 1080. The summed E-state index contributed by atoms with van der Waals surface area (Å²) in [5.74, 6) is -0.363. The Labute approximate surface area is 173 Å². The fourth-order valence-electron chi connectivity index (χ4n) is 4.34. The minimum atomic E-state index is -4.37. The molecule has 1 aliphatic heterocycles. The molecule has 0 aliphatic carbocycles. The van der Waals surface area contributed by atoms with E-state index in [2.05, 4.69) is 5.10 Å². The van der Waals surface area contributed by atoms with E-state index < -0.39 is 11.7 Å². The van der Waals surface area contributed by atoms with Crippen LogP contribution in [0.3, 0.4) is 0 Å². The van der Waals surface area contributed by atoms with Gasteiger partial charge in [0.2, 0.25) is 0 Å². The van der Waals surface area contributed by atoms with Crippen molar-refractivity contribution in [2.45, 2.75) is 45.3 Å². The maximum absolute atomic E-state index is 13.4. The predicted octanol–water partition coefficient (Wildman–Crippen LogP) is 5.40. The zero-order chi connectivity index (χ0) is 21.5. The maximum atomic E-state index is 13.4. The Morgan fingerprint density at radius 1 is 1.13 bits per heavy atom. The first-order chi connectivity index (χ1) is 14.3. The lowest BCUT2D eigenvalue weighted by molar-refractivity contribution is -0.138. The summed E-state index contributed by atoms with van der Waals surface area (Å²) < 4.78 is 41.9. The van der Waals surface area contributed by atoms with Crippen LogP contribution in [-0.4, -0.2) is 33.7 Å². The molecule has 0 atom stereocenters. The summed E-state index contributed by atoms with van der Waals surface area (Å²) in [6.45, 7) is 5.47. The quantitative estimate of drug-likeness (QED) is 0.574. The number of hydrogen-bond acceptors (Lipinski definition) is 2. The molecule has 0 unspecified atom stereocenters. The number of aromatic nitrogens is 2. The van der Waals surface area contributed by atoms with Gasteiger partial charge in [0.25, 0.3) is 5.91 Å². The minimum absolute atomic E-state index is 0.154. The molecule has 0 saturated carbocycles. The van der Waals surface area contributed by atoms with Gasteiger partial charge < -0.3 is 4.90 Å². The molecule has 1 aliphatic rings. The first kappa shape index (κ1) is 20.4. The van der Waals surface area contributed by atoms with Crippen molar-refractivity contribution in [1.29, 1.82) is 0 Å². The number of carbonyl (C=O) groups is 1. The second-order valence-corrected chi connectivity index (χ2v) is 7.84. The van der Waals surface area contributed by atoms with Crippen molar-refractivity contribution in [3.63, 3.8) is 0 Å². The number of piperidine rings is 1. The highest BCUT2D eigenvalue weighted by Crippen LogP contribution is 2.38. The summed E-state index contributed by atoms with van der Waals surface area (Å²) in [6.07, 6.45) is -3.36. The van der Waals surface area contributed by atoms with E-state index in [4.69, 9.17) is 0 Å². The summed E-state index contributed by atoms with van der Waals surface area (Å²) >= 11 is 0. The van der Waals surface area contributed by atoms with Crippen LogP contribution in [-0.2, 0) is 12.7 Å². The fraction of sp³-hybridized carbons (Fsp3) is 0.391. The van der Waals surface area contributed by atoms with E-state index in [0.717, 1.165) is 22.5 Å². The molecule has 30 heavy (non-hydrogen) atoms. The van der Waals surface area contributed by atoms with Crippen LogP contribution < -0.4 is 0 Å². The normalized spacial score (nSPS) is 15.7. The highest BCUT2D eigenvalue weighted by molar-refractivity contribution is 6.05. The number of amides is 1. The molecule has 7 heteroatoms. The number of aryl methyl sites for hydroxylation is 2. The smallest absolute Gasteiger partial charge is 0.337 e. The number of likely N-dealkylation sites (tertiary alicyclic amines) is 1. The van der Waals surface area contributed by atoms with Crippen LogP contribution in [0.25, 0.3) is 10.9 Å². The summed E-state index contributed by atoms with van der Waals surface area (Å²) in [7, 11) is 0. The zero-order valence-electron chi connectivity index (χ0n) is 17.0. The van der Waals surface area contributed by atoms with Gasteiger partial charge in [-0.15, -0.1) is 0 Å². The number of hydrogen-bond donors (Lipinski definition) is 0. The highest BCUT2D eigenvalue weighted by Gasteiger charge is 2.36. The van der Waals surface area contributed by atoms with Gasteiger partial charge in [-0.2, -0.15) is 18.3 Å². The van der Waals surface area contributed by atoms with Crippen LogP contribution in [0.1, 0.15) is 52.9 Å². The van der Waals surface area contributed by atoms with E-state index in [1.165, 1.54) is 6.07 Å². The molecule has 1 saturated heterocycles. The lowest BCUT2D eigenvalue weighted by Crippen LogP contribution is -2.38. The lowest BCUT2D eigenvalue weighted by Gasteiger charge is -2.33. The number of nitrogens with zero attached hydrogens (tertiary/aromatic N) is 3. The van der Waals surface area contributed by atoms with Crippen LogP contribution in [0.15, 0.2) is 42.5 Å². The van der Waals surface area contributed by atoms with Crippen molar-refractivity contribution in [1.82, 2.24) is 14.7 Å². The average Bonchev–Trinajstić information content (AvgIpc) is 3.10. The topological polar surface area (TPSA) is 38.1 Å². The summed E-state index contributed by atoms with van der Waals surface area (Å²) in [5.41, 5.74) is 2.20. The molecule has 2 aromatic carbocycles. The van der Waals surface area contributed by atoms with Crippen molar-refractivity contribution in [2.24, 2.45) is 0 Å². The third-order valence-corrected chi connectivity index (χ3v) is 5.90. The number of benzene rings is 2. The molecule has 0 bridgehead atoms. The average molecular weight is 415 g/mol. The van der Waals surface area contributed by atoms with Gasteiger partial charge in [-0.25, -0.2) is 0 Å². The Hall–Kier alpha value is -2.83. The largest absolute Gasteiger partial charge is 0.416 e. The van der Waals surface area contributed by atoms with E-state index in [1.54, 1.807) is 17.0 Å². The van der Waals surface area contributed by atoms with Crippen molar-refractivity contribution in [2.75, 3.05) is 13.1 Å². The SMILES string of the molecule is CCn1nc(C(=O)N2CCC(c3ccccc3C(F)(F)F)CC2)c2ccc(C)cc21. The lowest BCUT2D eigenvalue weighted by atomic mass is 9.86. The molecule has 0 spiro atoms. The third-order valence-electron chi connectivity index (χ3n) is 5.90. The van der Waals surface area contributed by atoms with Crippen molar-refractivity contribution in [3.8, 4) is 0 Å². The molecule has 4 nitrogen and oxygen atoms in total. The highest BCUT2D eigenvalue weighted by atomic mass is 19.4. The number of fused-ring (bicyclic) bond motifs is 1. The van der Waals surface area contributed by atoms with Crippen LogP contribution >= 0.6 is 0 Å². The minimum Gasteiger partial charge on any atom is -0.337 e. The van der Waals surface area contributed by atoms with E-state index in [1.807, 2.05) is 36.7 Å². The van der Waals surface area contributed by atoms with Gasteiger partial charge in [-0.05, 0) is 55.9 Å². The molecule has 0 N–H and O–H groups in total. The maximum Gasteiger partial charge on any atom is 0.416 e. The van der Waals surface area contributed by atoms with Crippen LogP contribution in [0.2, 0.25) is 0 Å². The van der Waals surface area contributed by atoms with Crippen LogP contribution in [0.4, 0.5) is 13.2 Å². The van der Waals surface area contributed by atoms with Crippen molar-refractivity contribution in [3.05, 3.63) is 64.8 Å². The second kappa shape index (κ2) is 7.78. The van der Waals surface area contributed by atoms with Gasteiger partial charge in [-0.1, -0.05) is 30.3 Å². The third kappa shape index (κ3) is 3.68. The van der Waals surface area contributed by atoms with E-state index in [0.29, 0.717) is 43.7 Å². The van der Waals surface area contributed by atoms with Crippen LogP contribution in [0.5, 0.6) is 0 Å². The summed E-state index contributed by atoms with van der Waals surface area (Å²) in [4.78, 5) is 14.9. The molecule has 2 heterocycles. The fourth-order valence-corrected chi connectivity index (χ4v) is 4.34. The molecule has 1 aromatic heterocycles. The Kier molecular flexibility index (Phi) is 5.30. The molecule has 1 amide bonds. The van der Waals surface area contributed by atoms with Gasteiger partial charge in [-0.3, -0.25) is 9.48 Å². The number of alkyl halides is 3. The first-order valence-corrected chi connectivity index (χ1v) is 10.2. The molecule has 1 fully saturated rings. The van der Waals surface area contributed by atoms with Gasteiger partial charge in [0.15, 0.2) is 5.69 Å². The summed E-state index contributed by atoms with van der Waals surface area (Å²) in [6, 6.07) is 11.7. The van der Waals surface area contributed by atoms with E-state index in [-0.39, 0.29) is 11.8 Å². The Morgan fingerprint density at radius 3 is 2.50 bits per heavy atom. The first-order valence-electron chi connectivity index (χ1n) is 10.2. The van der Waals surface area contributed by atoms with Crippen molar-refractivity contribution < 1.29 is 18.0 Å². The van der Waals surface area contributed by atoms with Gasteiger partial charge in [0.1, 0.15) is 0 Å². The van der Waals surface area contributed by atoms with Gasteiger partial charge in [0, 0.05) is 25.0 Å². The molecule has 158 valence electrons. The molecular formula is C23H24F3N3O. The molecule has 3 aromatic rings. The van der Waals surface area contributed by atoms with Gasteiger partial charge in [0.05, 0.1) is 11.1 Å². The standard InChI is InChI=1S/C23H24F3N3O/c1-3-29-20-14-15(2)8-9-18(20)21(27-29)22(30)28-12-10-16(11-13-28)17-6-4-5-7-19(17)23(24,25)26/h4-9,14,16H,3,10-13H2,1-2H3. The predicted molar refractivity (Wildman–Crippen MR) is 109 cm³/mol. The Morgan fingerprint density at radius 2 is 1.83 bits per heavy atom. The van der Waals surface area contributed by atoms with Crippen LogP contribution in [0, 0.1) is 6.92 Å². The monoisotopic (exact) mass is 415 g/mol. The van der Waals surface area contributed by atoms with E-state index in [9.17, 15) is 18.0 Å². The number of rotatable bonds is 3. The number of halogens is 3. The molecular weight excluding hydrogens is 391 g/mol. The summed E-state index contributed by atoms with van der Waals surface area (Å²) in [5, 5.41) is 5.34. The number of carbonyl (C=O) groups excluding carboxylic acids is 1. The Balaban J connectivity index is 1.55.